The highest BCUT2D eigenvalue weighted by atomic mass is 16.4. The Balaban J connectivity index is 1.22. The van der Waals surface area contributed by atoms with Crippen molar-refractivity contribution in [2.75, 3.05) is 19.6 Å². The summed E-state index contributed by atoms with van der Waals surface area (Å²) in [6.45, 7) is 2.91. The van der Waals surface area contributed by atoms with Gasteiger partial charge in [-0.3, -0.25) is 4.79 Å². The van der Waals surface area contributed by atoms with Crippen LogP contribution < -0.4 is 0 Å². The molecule has 1 aromatic rings. The number of rotatable bonds is 6. The maximum absolute atomic E-state index is 10.7. The van der Waals surface area contributed by atoms with E-state index in [4.69, 9.17) is 5.11 Å². The smallest absolute Gasteiger partial charge is 0.304 e. The first-order valence-corrected chi connectivity index (χ1v) is 9.70. The van der Waals surface area contributed by atoms with Crippen molar-refractivity contribution >= 4 is 5.97 Å². The molecule has 2 aliphatic carbocycles. The van der Waals surface area contributed by atoms with Crippen LogP contribution in [0, 0.1) is 11.8 Å². The molecule has 1 saturated carbocycles. The summed E-state index contributed by atoms with van der Waals surface area (Å²) in [5, 5.41) is 8.79. The zero-order valence-electron chi connectivity index (χ0n) is 14.5. The van der Waals surface area contributed by atoms with E-state index in [9.17, 15) is 4.79 Å². The quantitative estimate of drug-likeness (QED) is 0.862. The lowest BCUT2D eigenvalue weighted by Gasteiger charge is -2.31. The van der Waals surface area contributed by atoms with E-state index in [1.807, 2.05) is 0 Å². The molecule has 1 aromatic carbocycles. The van der Waals surface area contributed by atoms with E-state index in [0.717, 1.165) is 31.5 Å². The number of aliphatic carboxylic acids is 1. The predicted molar refractivity (Wildman–Crippen MR) is 95.2 cm³/mol. The first-order chi connectivity index (χ1) is 11.7. The van der Waals surface area contributed by atoms with Gasteiger partial charge in [0.1, 0.15) is 0 Å². The van der Waals surface area contributed by atoms with Gasteiger partial charge in [-0.2, -0.15) is 0 Å². The van der Waals surface area contributed by atoms with Crippen LogP contribution in [0.3, 0.4) is 0 Å². The second kappa shape index (κ2) is 6.51. The first-order valence-electron chi connectivity index (χ1n) is 9.70. The summed E-state index contributed by atoms with van der Waals surface area (Å²) < 4.78 is 0. The minimum atomic E-state index is -0.673. The third-order valence-corrected chi connectivity index (χ3v) is 6.90. The molecule has 2 unspecified atom stereocenters. The molecule has 130 valence electrons. The van der Waals surface area contributed by atoms with E-state index >= 15 is 0 Å². The van der Waals surface area contributed by atoms with Crippen LogP contribution >= 0.6 is 0 Å². The zero-order chi connectivity index (χ0) is 16.6. The number of benzene rings is 1. The van der Waals surface area contributed by atoms with E-state index in [1.165, 1.54) is 44.9 Å². The van der Waals surface area contributed by atoms with E-state index in [1.54, 1.807) is 11.1 Å². The monoisotopic (exact) mass is 327 g/mol. The van der Waals surface area contributed by atoms with Crippen molar-refractivity contribution in [3.8, 4) is 0 Å². The Bertz CT molecular complexity index is 606. The van der Waals surface area contributed by atoms with Crippen LogP contribution in [0.1, 0.15) is 56.1 Å². The summed E-state index contributed by atoms with van der Waals surface area (Å²) in [5.74, 6) is 1.11. The summed E-state index contributed by atoms with van der Waals surface area (Å²) in [4.78, 5) is 13.0. The Hall–Kier alpha value is -1.35. The Labute approximate surface area is 145 Å². The summed E-state index contributed by atoms with van der Waals surface area (Å²) in [7, 11) is 0. The molecule has 4 rings (SSSR count). The molecule has 2 atom stereocenters. The predicted octanol–water partition coefficient (Wildman–Crippen LogP) is 3.86. The molecule has 0 bridgehead atoms. The Morgan fingerprint density at radius 3 is 2.79 bits per heavy atom. The minimum Gasteiger partial charge on any atom is -0.481 e. The van der Waals surface area contributed by atoms with Crippen LogP contribution in [0.4, 0.5) is 0 Å². The number of carbonyl (C=O) groups is 1. The lowest BCUT2D eigenvalue weighted by Crippen LogP contribution is -2.35. The Kier molecular flexibility index (Phi) is 4.38. The second-order valence-corrected chi connectivity index (χ2v) is 8.22. The van der Waals surface area contributed by atoms with Crippen molar-refractivity contribution < 1.29 is 9.90 Å². The lowest BCUT2D eigenvalue weighted by molar-refractivity contribution is -0.137. The minimum absolute atomic E-state index is 0.286. The molecule has 1 heterocycles. The van der Waals surface area contributed by atoms with Crippen LogP contribution in [0.15, 0.2) is 24.3 Å². The van der Waals surface area contributed by atoms with Crippen LogP contribution in [-0.2, 0) is 16.6 Å². The van der Waals surface area contributed by atoms with Crippen LogP contribution in [0.5, 0.6) is 0 Å². The van der Waals surface area contributed by atoms with Crippen LogP contribution in [-0.4, -0.2) is 35.6 Å². The average Bonchev–Trinajstić information content (AvgIpc) is 3.19. The third-order valence-electron chi connectivity index (χ3n) is 6.90. The van der Waals surface area contributed by atoms with Gasteiger partial charge < -0.3 is 10.0 Å². The molecule has 24 heavy (non-hydrogen) atoms. The van der Waals surface area contributed by atoms with E-state index in [-0.39, 0.29) is 6.42 Å². The fraction of sp³-hybridized carbons (Fsp3) is 0.667. The fourth-order valence-corrected chi connectivity index (χ4v) is 5.30. The van der Waals surface area contributed by atoms with Crippen molar-refractivity contribution in [1.29, 1.82) is 0 Å². The topological polar surface area (TPSA) is 40.5 Å². The summed E-state index contributed by atoms with van der Waals surface area (Å²) in [6.07, 6.45) is 9.66. The maximum atomic E-state index is 10.7. The highest BCUT2D eigenvalue weighted by Crippen LogP contribution is 2.63. The maximum Gasteiger partial charge on any atom is 0.304 e. The Morgan fingerprint density at radius 2 is 2.00 bits per heavy atom. The van der Waals surface area contributed by atoms with E-state index in [0.29, 0.717) is 5.41 Å². The largest absolute Gasteiger partial charge is 0.481 e. The number of carboxylic acid groups (broad SMARTS) is 1. The SMILES string of the molecule is O=C(O)CCN1CCC(CCC2CC23CCc2ccccc23)CC1. The number of fused-ring (bicyclic) bond motifs is 2. The van der Waals surface area contributed by atoms with Gasteiger partial charge in [0, 0.05) is 6.54 Å². The summed E-state index contributed by atoms with van der Waals surface area (Å²) in [6, 6.07) is 9.11. The molecule has 1 aliphatic heterocycles. The van der Waals surface area contributed by atoms with Crippen LogP contribution in [0.2, 0.25) is 0 Å². The number of piperidine rings is 1. The van der Waals surface area contributed by atoms with Gasteiger partial charge in [0.05, 0.1) is 6.42 Å². The summed E-state index contributed by atoms with van der Waals surface area (Å²) >= 11 is 0. The molecule has 3 heteroatoms. The number of nitrogens with zero attached hydrogens (tertiary/aromatic N) is 1. The van der Waals surface area contributed by atoms with Crippen LogP contribution in [0.25, 0.3) is 0 Å². The average molecular weight is 327 g/mol. The van der Waals surface area contributed by atoms with Gasteiger partial charge in [0.25, 0.3) is 0 Å². The molecular formula is C21H29NO2. The number of hydrogen-bond acceptors (Lipinski definition) is 2. The molecule has 3 aliphatic rings. The van der Waals surface area contributed by atoms with Gasteiger partial charge in [-0.1, -0.05) is 30.7 Å². The first kappa shape index (κ1) is 16.1. The number of aryl methyl sites for hydroxylation is 1. The number of carboxylic acids is 1. The lowest BCUT2D eigenvalue weighted by atomic mass is 9.88. The van der Waals surface area contributed by atoms with Gasteiger partial charge in [-0.25, -0.2) is 0 Å². The van der Waals surface area contributed by atoms with Crippen molar-refractivity contribution in [1.82, 2.24) is 4.90 Å². The van der Waals surface area contributed by atoms with Crippen molar-refractivity contribution in [2.24, 2.45) is 11.8 Å². The zero-order valence-corrected chi connectivity index (χ0v) is 14.5. The molecule has 0 radical (unpaired) electrons. The van der Waals surface area contributed by atoms with E-state index < -0.39 is 5.97 Å². The summed E-state index contributed by atoms with van der Waals surface area (Å²) in [5.41, 5.74) is 3.82. The van der Waals surface area contributed by atoms with Crippen molar-refractivity contribution in [3.63, 3.8) is 0 Å². The normalized spacial score (nSPS) is 29.8. The molecule has 0 aromatic heterocycles. The van der Waals surface area contributed by atoms with Crippen molar-refractivity contribution in [2.45, 2.75) is 56.8 Å². The van der Waals surface area contributed by atoms with Gasteiger partial charge >= 0.3 is 5.97 Å². The molecular weight excluding hydrogens is 298 g/mol. The van der Waals surface area contributed by atoms with Crippen molar-refractivity contribution in [3.05, 3.63) is 35.4 Å². The number of likely N-dealkylation sites (tertiary alicyclic amines) is 1. The molecule has 1 saturated heterocycles. The standard InChI is InChI=1S/C21H29NO2/c23-20(24)10-14-22-12-8-16(9-13-22)5-6-18-15-21(18)11-7-17-3-1-2-4-19(17)21/h1-4,16,18H,5-15H2,(H,23,24). The van der Waals surface area contributed by atoms with Gasteiger partial charge in [0.15, 0.2) is 0 Å². The highest BCUT2D eigenvalue weighted by molar-refractivity contribution is 5.66. The second-order valence-electron chi connectivity index (χ2n) is 8.22. The Morgan fingerprint density at radius 1 is 1.21 bits per heavy atom. The molecule has 0 amide bonds. The number of hydrogen-bond donors (Lipinski definition) is 1. The fourth-order valence-electron chi connectivity index (χ4n) is 5.30. The van der Waals surface area contributed by atoms with E-state index in [2.05, 4.69) is 29.2 Å². The molecule has 3 nitrogen and oxygen atoms in total. The highest BCUT2D eigenvalue weighted by Gasteiger charge is 2.57. The molecule has 1 spiro atoms. The third kappa shape index (κ3) is 3.11. The van der Waals surface area contributed by atoms with Gasteiger partial charge in [0.2, 0.25) is 0 Å². The molecule has 1 N–H and O–H groups in total. The molecule has 2 fully saturated rings. The van der Waals surface area contributed by atoms with Gasteiger partial charge in [-0.15, -0.1) is 0 Å². The van der Waals surface area contributed by atoms with Gasteiger partial charge in [-0.05, 0) is 80.0 Å².